The van der Waals surface area contributed by atoms with Gasteiger partial charge in [-0.2, -0.15) is 0 Å². The Morgan fingerprint density at radius 1 is 1.38 bits per heavy atom. The molecule has 0 aliphatic rings. The van der Waals surface area contributed by atoms with Gasteiger partial charge in [-0.15, -0.1) is 11.3 Å². The van der Waals surface area contributed by atoms with Gasteiger partial charge in [-0.3, -0.25) is 4.98 Å². The molecule has 0 spiro atoms. The lowest BCUT2D eigenvalue weighted by atomic mass is 10.2. The lowest BCUT2D eigenvalue weighted by molar-refractivity contribution is 0.310. The van der Waals surface area contributed by atoms with E-state index in [2.05, 4.69) is 19.9 Å². The molecule has 0 atom stereocenters. The summed E-state index contributed by atoms with van der Waals surface area (Å²) in [5.74, 6) is 0.314. The quantitative estimate of drug-likeness (QED) is 0.696. The van der Waals surface area contributed by atoms with Crippen molar-refractivity contribution in [1.82, 2.24) is 15.3 Å². The van der Waals surface area contributed by atoms with Gasteiger partial charge in [0.1, 0.15) is 0 Å². The SMILES string of the molecule is Cc1c(-c2nonc2N)sc2cccnc12. The van der Waals surface area contributed by atoms with Gasteiger partial charge in [0.05, 0.1) is 15.1 Å². The lowest BCUT2D eigenvalue weighted by Crippen LogP contribution is -1.87. The molecule has 0 amide bonds. The molecule has 0 aromatic carbocycles. The first kappa shape index (κ1) is 9.29. The summed E-state index contributed by atoms with van der Waals surface area (Å²) in [5.41, 5.74) is 8.31. The molecular weight excluding hydrogens is 224 g/mol. The summed E-state index contributed by atoms with van der Waals surface area (Å²) in [6, 6.07) is 3.93. The van der Waals surface area contributed by atoms with Gasteiger partial charge in [-0.25, -0.2) is 4.63 Å². The summed E-state index contributed by atoms with van der Waals surface area (Å²) in [7, 11) is 0. The van der Waals surface area contributed by atoms with E-state index < -0.39 is 0 Å². The Morgan fingerprint density at radius 3 is 2.94 bits per heavy atom. The van der Waals surface area contributed by atoms with Crippen LogP contribution < -0.4 is 5.73 Å². The highest BCUT2D eigenvalue weighted by Gasteiger charge is 2.17. The number of anilines is 1. The Labute approximate surface area is 94.9 Å². The number of thiophene rings is 1. The van der Waals surface area contributed by atoms with E-state index in [4.69, 9.17) is 5.73 Å². The van der Waals surface area contributed by atoms with Crippen molar-refractivity contribution in [2.75, 3.05) is 5.73 Å². The number of nitrogens with zero attached hydrogens (tertiary/aromatic N) is 3. The Balaban J connectivity index is 2.33. The molecule has 0 bridgehead atoms. The minimum absolute atomic E-state index is 0.314. The van der Waals surface area contributed by atoms with Gasteiger partial charge in [-0.05, 0) is 34.9 Å². The molecule has 3 aromatic heterocycles. The zero-order valence-corrected chi connectivity index (χ0v) is 9.28. The molecule has 0 radical (unpaired) electrons. The van der Waals surface area contributed by atoms with Crippen LogP contribution in [0.3, 0.4) is 0 Å². The predicted octanol–water partition coefficient (Wildman–Crippen LogP) is 2.24. The van der Waals surface area contributed by atoms with Crippen LogP contribution in [0.15, 0.2) is 23.0 Å². The highest BCUT2D eigenvalue weighted by Crippen LogP contribution is 2.37. The van der Waals surface area contributed by atoms with Crippen LogP contribution in [-0.2, 0) is 0 Å². The molecule has 0 fully saturated rings. The van der Waals surface area contributed by atoms with Crippen molar-refractivity contribution in [3.05, 3.63) is 23.9 Å². The van der Waals surface area contributed by atoms with Crippen molar-refractivity contribution >= 4 is 27.4 Å². The second kappa shape index (κ2) is 3.28. The summed E-state index contributed by atoms with van der Waals surface area (Å²) in [4.78, 5) is 5.30. The van der Waals surface area contributed by atoms with Crippen LogP contribution in [0.5, 0.6) is 0 Å². The molecule has 6 heteroatoms. The number of aryl methyl sites for hydroxylation is 1. The van der Waals surface area contributed by atoms with Crippen LogP contribution >= 0.6 is 11.3 Å². The number of aromatic nitrogens is 3. The van der Waals surface area contributed by atoms with E-state index in [1.807, 2.05) is 19.1 Å². The first-order chi connectivity index (χ1) is 7.77. The molecule has 0 saturated carbocycles. The van der Waals surface area contributed by atoms with Crippen LogP contribution in [0, 0.1) is 6.92 Å². The smallest absolute Gasteiger partial charge is 0.197 e. The minimum atomic E-state index is 0.314. The van der Waals surface area contributed by atoms with E-state index in [-0.39, 0.29) is 0 Å². The van der Waals surface area contributed by atoms with Gasteiger partial charge in [0, 0.05) is 6.20 Å². The van der Waals surface area contributed by atoms with Gasteiger partial charge in [0.2, 0.25) is 0 Å². The second-order valence-corrected chi connectivity index (χ2v) is 4.46. The Morgan fingerprint density at radius 2 is 2.25 bits per heavy atom. The van der Waals surface area contributed by atoms with Crippen molar-refractivity contribution in [2.24, 2.45) is 0 Å². The maximum Gasteiger partial charge on any atom is 0.197 e. The molecule has 0 aliphatic heterocycles. The second-order valence-electron chi connectivity index (χ2n) is 3.40. The number of nitrogen functional groups attached to an aromatic ring is 1. The maximum atomic E-state index is 5.68. The van der Waals surface area contributed by atoms with Crippen LogP contribution in [0.4, 0.5) is 5.82 Å². The number of pyridine rings is 1. The fourth-order valence-electron chi connectivity index (χ4n) is 1.63. The van der Waals surface area contributed by atoms with Crippen molar-refractivity contribution in [3.63, 3.8) is 0 Å². The van der Waals surface area contributed by atoms with E-state index in [0.29, 0.717) is 11.5 Å². The Kier molecular flexibility index (Phi) is 1.90. The molecule has 5 nitrogen and oxygen atoms in total. The Bertz CT molecular complexity index is 658. The third kappa shape index (κ3) is 1.20. The first-order valence-corrected chi connectivity index (χ1v) is 5.51. The fourth-order valence-corrected chi connectivity index (χ4v) is 2.78. The van der Waals surface area contributed by atoms with Gasteiger partial charge in [0.15, 0.2) is 11.5 Å². The molecule has 3 aromatic rings. The number of hydrogen-bond donors (Lipinski definition) is 1. The van der Waals surface area contributed by atoms with Crippen LogP contribution in [0.1, 0.15) is 5.56 Å². The topological polar surface area (TPSA) is 77.8 Å². The lowest BCUT2D eigenvalue weighted by Gasteiger charge is -1.92. The third-order valence-electron chi connectivity index (χ3n) is 2.41. The van der Waals surface area contributed by atoms with E-state index in [9.17, 15) is 0 Å². The van der Waals surface area contributed by atoms with Crippen molar-refractivity contribution in [1.29, 1.82) is 0 Å². The molecule has 16 heavy (non-hydrogen) atoms. The number of fused-ring (bicyclic) bond motifs is 1. The van der Waals surface area contributed by atoms with Crippen LogP contribution in [0.2, 0.25) is 0 Å². The highest BCUT2D eigenvalue weighted by atomic mass is 32.1. The van der Waals surface area contributed by atoms with E-state index in [0.717, 1.165) is 20.7 Å². The molecule has 80 valence electrons. The Hall–Kier alpha value is -1.95. The molecule has 0 saturated heterocycles. The molecule has 0 aliphatic carbocycles. The highest BCUT2D eigenvalue weighted by molar-refractivity contribution is 7.22. The van der Waals surface area contributed by atoms with Gasteiger partial charge in [0.25, 0.3) is 0 Å². The molecular formula is C10H8N4OS. The molecule has 2 N–H and O–H groups in total. The number of hydrogen-bond acceptors (Lipinski definition) is 6. The molecule has 0 unspecified atom stereocenters. The van der Waals surface area contributed by atoms with E-state index >= 15 is 0 Å². The van der Waals surface area contributed by atoms with Gasteiger partial charge >= 0.3 is 0 Å². The summed E-state index contributed by atoms with van der Waals surface area (Å²) in [5, 5.41) is 7.40. The van der Waals surface area contributed by atoms with Crippen LogP contribution in [-0.4, -0.2) is 15.3 Å². The van der Waals surface area contributed by atoms with Crippen LogP contribution in [0.25, 0.3) is 20.8 Å². The monoisotopic (exact) mass is 232 g/mol. The first-order valence-electron chi connectivity index (χ1n) is 4.70. The average Bonchev–Trinajstić information content (AvgIpc) is 2.84. The zero-order chi connectivity index (χ0) is 11.1. The summed E-state index contributed by atoms with van der Waals surface area (Å²) >= 11 is 1.59. The fraction of sp³-hybridized carbons (Fsp3) is 0.100. The minimum Gasteiger partial charge on any atom is -0.379 e. The summed E-state index contributed by atoms with van der Waals surface area (Å²) in [6.45, 7) is 2.00. The zero-order valence-electron chi connectivity index (χ0n) is 8.47. The average molecular weight is 232 g/mol. The number of nitrogens with two attached hydrogens (primary N) is 1. The van der Waals surface area contributed by atoms with Gasteiger partial charge < -0.3 is 5.73 Å². The van der Waals surface area contributed by atoms with Crippen molar-refractivity contribution in [3.8, 4) is 10.6 Å². The largest absolute Gasteiger partial charge is 0.379 e. The normalized spacial score (nSPS) is 11.1. The van der Waals surface area contributed by atoms with Gasteiger partial charge in [-0.1, -0.05) is 0 Å². The maximum absolute atomic E-state index is 5.68. The standard InChI is InChI=1S/C10H8N4OS/c1-5-7-6(3-2-4-12-7)16-9(5)8-10(11)14-15-13-8/h2-4H,1H3,(H2,11,14). The predicted molar refractivity (Wildman–Crippen MR) is 62.1 cm³/mol. The van der Waals surface area contributed by atoms with Crippen molar-refractivity contribution < 1.29 is 4.63 Å². The summed E-state index contributed by atoms with van der Waals surface area (Å²) in [6.07, 6.45) is 1.77. The number of rotatable bonds is 1. The molecule has 3 heterocycles. The van der Waals surface area contributed by atoms with Crippen molar-refractivity contribution in [2.45, 2.75) is 6.92 Å². The third-order valence-corrected chi connectivity index (χ3v) is 3.66. The molecule has 3 rings (SSSR count). The summed E-state index contributed by atoms with van der Waals surface area (Å²) < 4.78 is 5.72. The van der Waals surface area contributed by atoms with E-state index in [1.54, 1.807) is 17.5 Å². The van der Waals surface area contributed by atoms with E-state index in [1.165, 1.54) is 0 Å².